The summed E-state index contributed by atoms with van der Waals surface area (Å²) in [5.41, 5.74) is 2.42. The zero-order valence-corrected chi connectivity index (χ0v) is 11.8. The minimum atomic E-state index is 0.171. The van der Waals surface area contributed by atoms with Crippen molar-refractivity contribution >= 4 is 15.9 Å². The maximum atomic E-state index is 5.60. The molecule has 0 saturated carbocycles. The van der Waals surface area contributed by atoms with E-state index in [4.69, 9.17) is 4.42 Å². The van der Waals surface area contributed by atoms with Gasteiger partial charge in [0.05, 0.1) is 6.04 Å². The molecule has 0 aliphatic heterocycles. The molecule has 0 fully saturated rings. The van der Waals surface area contributed by atoms with Crippen LogP contribution in [0.2, 0.25) is 0 Å². The first kappa shape index (κ1) is 12.4. The van der Waals surface area contributed by atoms with E-state index < -0.39 is 0 Å². The van der Waals surface area contributed by atoms with Crippen LogP contribution in [0.3, 0.4) is 0 Å². The molecule has 1 aromatic carbocycles. The Morgan fingerprint density at radius 3 is 2.53 bits per heavy atom. The van der Waals surface area contributed by atoms with Crippen molar-refractivity contribution in [3.8, 4) is 0 Å². The SMILES string of the molecule is CNC(c1cccc(Br)c1)c1cc(C)oc1C. The van der Waals surface area contributed by atoms with E-state index in [1.54, 1.807) is 0 Å². The second-order valence-electron chi connectivity index (χ2n) is 4.15. The molecule has 90 valence electrons. The predicted octanol–water partition coefficient (Wildman–Crippen LogP) is 3.97. The van der Waals surface area contributed by atoms with Crippen molar-refractivity contribution < 1.29 is 4.42 Å². The fourth-order valence-electron chi connectivity index (χ4n) is 2.12. The van der Waals surface area contributed by atoms with Gasteiger partial charge in [0.25, 0.3) is 0 Å². The van der Waals surface area contributed by atoms with E-state index in [2.05, 4.69) is 39.4 Å². The van der Waals surface area contributed by atoms with Gasteiger partial charge in [-0.3, -0.25) is 0 Å². The smallest absolute Gasteiger partial charge is 0.106 e. The van der Waals surface area contributed by atoms with Crippen LogP contribution >= 0.6 is 15.9 Å². The molecule has 0 bridgehead atoms. The Kier molecular flexibility index (Phi) is 3.69. The molecule has 1 atom stereocenters. The van der Waals surface area contributed by atoms with E-state index in [1.165, 1.54) is 11.1 Å². The fraction of sp³-hybridized carbons (Fsp3) is 0.286. The number of benzene rings is 1. The molecule has 1 unspecified atom stereocenters. The van der Waals surface area contributed by atoms with Gasteiger partial charge in [-0.25, -0.2) is 0 Å². The van der Waals surface area contributed by atoms with Gasteiger partial charge >= 0.3 is 0 Å². The summed E-state index contributed by atoms with van der Waals surface area (Å²) in [6.07, 6.45) is 0. The summed E-state index contributed by atoms with van der Waals surface area (Å²) in [4.78, 5) is 0. The van der Waals surface area contributed by atoms with Crippen molar-refractivity contribution in [2.75, 3.05) is 7.05 Å². The molecule has 2 rings (SSSR count). The normalized spacial score (nSPS) is 12.7. The van der Waals surface area contributed by atoms with Crippen LogP contribution in [0.5, 0.6) is 0 Å². The molecule has 2 aromatic rings. The van der Waals surface area contributed by atoms with Gasteiger partial charge in [-0.1, -0.05) is 28.1 Å². The first-order valence-electron chi connectivity index (χ1n) is 5.61. The third-order valence-electron chi connectivity index (χ3n) is 2.86. The van der Waals surface area contributed by atoms with Gasteiger partial charge in [-0.2, -0.15) is 0 Å². The average molecular weight is 294 g/mol. The number of furan rings is 1. The summed E-state index contributed by atoms with van der Waals surface area (Å²) >= 11 is 3.50. The van der Waals surface area contributed by atoms with Crippen LogP contribution in [0, 0.1) is 13.8 Å². The Hall–Kier alpha value is -1.06. The Balaban J connectivity index is 2.43. The molecule has 1 aromatic heterocycles. The lowest BCUT2D eigenvalue weighted by Crippen LogP contribution is -2.17. The molecule has 17 heavy (non-hydrogen) atoms. The van der Waals surface area contributed by atoms with Crippen LogP contribution in [0.1, 0.15) is 28.7 Å². The lowest BCUT2D eigenvalue weighted by molar-refractivity contribution is 0.497. The third kappa shape index (κ3) is 2.61. The van der Waals surface area contributed by atoms with Gasteiger partial charge in [-0.15, -0.1) is 0 Å². The molecule has 1 heterocycles. The average Bonchev–Trinajstić information content (AvgIpc) is 2.59. The second kappa shape index (κ2) is 5.07. The van der Waals surface area contributed by atoms with Gasteiger partial charge in [0, 0.05) is 10.0 Å². The van der Waals surface area contributed by atoms with Crippen molar-refractivity contribution in [3.05, 3.63) is 57.5 Å². The van der Waals surface area contributed by atoms with Crippen LogP contribution < -0.4 is 5.32 Å². The van der Waals surface area contributed by atoms with Crippen LogP contribution in [0.4, 0.5) is 0 Å². The number of hydrogen-bond acceptors (Lipinski definition) is 2. The monoisotopic (exact) mass is 293 g/mol. The van der Waals surface area contributed by atoms with Crippen molar-refractivity contribution in [3.63, 3.8) is 0 Å². The molecule has 0 saturated heterocycles. The standard InChI is InChI=1S/C14H16BrNO/c1-9-7-13(10(2)17-9)14(16-3)11-5-4-6-12(15)8-11/h4-8,14,16H,1-3H3. The van der Waals surface area contributed by atoms with Crippen LogP contribution in [0.15, 0.2) is 39.2 Å². The minimum absolute atomic E-state index is 0.171. The lowest BCUT2D eigenvalue weighted by Gasteiger charge is -2.16. The number of hydrogen-bond donors (Lipinski definition) is 1. The van der Waals surface area contributed by atoms with Crippen molar-refractivity contribution in [2.24, 2.45) is 0 Å². The number of halogens is 1. The van der Waals surface area contributed by atoms with E-state index >= 15 is 0 Å². The molecular formula is C14H16BrNO. The highest BCUT2D eigenvalue weighted by Crippen LogP contribution is 2.28. The van der Waals surface area contributed by atoms with Crippen LogP contribution in [-0.2, 0) is 0 Å². The van der Waals surface area contributed by atoms with Gasteiger partial charge in [0.2, 0.25) is 0 Å². The Labute approximate surface area is 110 Å². The topological polar surface area (TPSA) is 25.2 Å². The molecule has 1 N–H and O–H groups in total. The van der Waals surface area contributed by atoms with Gasteiger partial charge in [-0.05, 0) is 44.7 Å². The first-order valence-corrected chi connectivity index (χ1v) is 6.40. The zero-order valence-electron chi connectivity index (χ0n) is 10.3. The second-order valence-corrected chi connectivity index (χ2v) is 5.06. The summed E-state index contributed by atoms with van der Waals surface area (Å²) in [6.45, 7) is 3.98. The van der Waals surface area contributed by atoms with E-state index in [9.17, 15) is 0 Å². The molecule has 2 nitrogen and oxygen atoms in total. The summed E-state index contributed by atoms with van der Waals surface area (Å²) in [5, 5.41) is 3.34. The number of aryl methyl sites for hydroxylation is 2. The fourth-order valence-corrected chi connectivity index (χ4v) is 2.54. The Bertz CT molecular complexity index is 519. The molecule has 0 amide bonds. The molecule has 0 aliphatic rings. The highest BCUT2D eigenvalue weighted by atomic mass is 79.9. The van der Waals surface area contributed by atoms with Crippen LogP contribution in [-0.4, -0.2) is 7.05 Å². The first-order chi connectivity index (χ1) is 8.11. The van der Waals surface area contributed by atoms with Crippen molar-refractivity contribution in [1.29, 1.82) is 0 Å². The molecular weight excluding hydrogens is 278 g/mol. The zero-order chi connectivity index (χ0) is 12.4. The molecule has 3 heteroatoms. The summed E-state index contributed by atoms with van der Waals surface area (Å²) < 4.78 is 6.69. The van der Waals surface area contributed by atoms with Crippen molar-refractivity contribution in [1.82, 2.24) is 5.32 Å². The highest BCUT2D eigenvalue weighted by molar-refractivity contribution is 9.10. The Morgan fingerprint density at radius 2 is 2.00 bits per heavy atom. The van der Waals surface area contributed by atoms with Gasteiger partial charge in [0.15, 0.2) is 0 Å². The molecule has 0 spiro atoms. The molecule has 0 aliphatic carbocycles. The predicted molar refractivity (Wildman–Crippen MR) is 73.2 cm³/mol. The van der Waals surface area contributed by atoms with Crippen LogP contribution in [0.25, 0.3) is 0 Å². The summed E-state index contributed by atoms with van der Waals surface area (Å²) in [6, 6.07) is 10.6. The number of rotatable bonds is 3. The van der Waals surface area contributed by atoms with E-state index in [-0.39, 0.29) is 6.04 Å². The van der Waals surface area contributed by atoms with E-state index in [1.807, 2.05) is 33.0 Å². The number of nitrogens with one attached hydrogen (secondary N) is 1. The van der Waals surface area contributed by atoms with E-state index in [0.29, 0.717) is 0 Å². The van der Waals surface area contributed by atoms with Crippen molar-refractivity contribution in [2.45, 2.75) is 19.9 Å². The quantitative estimate of drug-likeness (QED) is 0.926. The third-order valence-corrected chi connectivity index (χ3v) is 3.35. The highest BCUT2D eigenvalue weighted by Gasteiger charge is 2.17. The lowest BCUT2D eigenvalue weighted by atomic mass is 9.99. The Morgan fingerprint density at radius 1 is 1.24 bits per heavy atom. The van der Waals surface area contributed by atoms with E-state index in [0.717, 1.165) is 16.0 Å². The summed E-state index contributed by atoms with van der Waals surface area (Å²) in [5.74, 6) is 1.93. The van der Waals surface area contributed by atoms with Gasteiger partial charge in [0.1, 0.15) is 11.5 Å². The largest absolute Gasteiger partial charge is 0.466 e. The summed E-state index contributed by atoms with van der Waals surface area (Å²) in [7, 11) is 1.97. The maximum Gasteiger partial charge on any atom is 0.106 e. The van der Waals surface area contributed by atoms with Gasteiger partial charge < -0.3 is 9.73 Å². The minimum Gasteiger partial charge on any atom is -0.466 e. The maximum absolute atomic E-state index is 5.60. The molecule has 0 radical (unpaired) electrons.